The third-order valence-corrected chi connectivity index (χ3v) is 1.35. The molecule has 0 unspecified atom stereocenters. The van der Waals surface area contributed by atoms with Gasteiger partial charge in [0.25, 0.3) is 0 Å². The molecule has 0 aromatic rings. The summed E-state index contributed by atoms with van der Waals surface area (Å²) < 4.78 is 0. The van der Waals surface area contributed by atoms with Crippen LogP contribution >= 0.6 is 0 Å². The van der Waals surface area contributed by atoms with Crippen molar-refractivity contribution in [1.82, 2.24) is 0 Å². The van der Waals surface area contributed by atoms with Crippen molar-refractivity contribution < 1.29 is 14.7 Å². The van der Waals surface area contributed by atoms with E-state index in [1.165, 1.54) is 6.92 Å². The normalized spacial score (nSPS) is 23.3. The van der Waals surface area contributed by atoms with Crippen molar-refractivity contribution >= 4 is 11.6 Å². The Kier molecular flexibility index (Phi) is 1.03. The molecule has 48 valence electrons. The summed E-state index contributed by atoms with van der Waals surface area (Å²) in [5.74, 6) is -1.07. The summed E-state index contributed by atoms with van der Waals surface area (Å²) >= 11 is 0. The highest BCUT2D eigenvalue weighted by Gasteiger charge is 2.39. The molecule has 1 aliphatic carbocycles. The summed E-state index contributed by atoms with van der Waals surface area (Å²) in [6.07, 6.45) is 2.17. The minimum atomic E-state index is -1.78. The molecule has 1 aliphatic rings. The van der Waals surface area contributed by atoms with Crippen LogP contribution in [0.1, 0.15) is 6.92 Å². The molecule has 0 bridgehead atoms. The van der Waals surface area contributed by atoms with Gasteiger partial charge in [-0.25, -0.2) is 0 Å². The fraction of sp³-hybridized carbons (Fsp3) is 0.333. The van der Waals surface area contributed by atoms with Crippen LogP contribution in [0.3, 0.4) is 0 Å². The van der Waals surface area contributed by atoms with Gasteiger partial charge in [0, 0.05) is 0 Å². The Morgan fingerprint density at radius 2 is 1.67 bits per heavy atom. The summed E-state index contributed by atoms with van der Waals surface area (Å²) in [7, 11) is 0. The van der Waals surface area contributed by atoms with Crippen LogP contribution in [0.5, 0.6) is 0 Å². The van der Waals surface area contributed by atoms with E-state index in [0.717, 1.165) is 12.2 Å². The van der Waals surface area contributed by atoms with Gasteiger partial charge in [0.2, 0.25) is 0 Å². The third-order valence-electron chi connectivity index (χ3n) is 1.35. The summed E-state index contributed by atoms with van der Waals surface area (Å²) in [6, 6.07) is 0. The number of hydrogen-bond donors (Lipinski definition) is 1. The van der Waals surface area contributed by atoms with Crippen LogP contribution in [0.15, 0.2) is 12.2 Å². The van der Waals surface area contributed by atoms with E-state index in [-0.39, 0.29) is 0 Å². The molecule has 0 fully saturated rings. The summed E-state index contributed by atoms with van der Waals surface area (Å²) in [4.78, 5) is 21.1. The molecule has 1 rings (SSSR count). The predicted octanol–water partition coefficient (Wildman–Crippen LogP) is -0.555. The molecule has 0 aromatic carbocycles. The van der Waals surface area contributed by atoms with E-state index >= 15 is 0 Å². The maximum atomic E-state index is 10.5. The molecule has 0 saturated carbocycles. The van der Waals surface area contributed by atoms with E-state index in [1.807, 2.05) is 0 Å². The first-order valence-corrected chi connectivity index (χ1v) is 2.54. The van der Waals surface area contributed by atoms with E-state index in [0.29, 0.717) is 0 Å². The lowest BCUT2D eigenvalue weighted by molar-refractivity contribution is -0.140. The fourth-order valence-electron chi connectivity index (χ4n) is 0.597. The molecule has 0 radical (unpaired) electrons. The molecule has 0 heterocycles. The lowest BCUT2D eigenvalue weighted by atomic mass is 10.0. The van der Waals surface area contributed by atoms with Crippen LogP contribution in [0, 0.1) is 0 Å². The smallest absolute Gasteiger partial charge is 0.195 e. The molecule has 3 nitrogen and oxygen atoms in total. The summed E-state index contributed by atoms with van der Waals surface area (Å²) in [5, 5.41) is 8.97. The number of rotatable bonds is 0. The van der Waals surface area contributed by atoms with E-state index in [9.17, 15) is 9.59 Å². The van der Waals surface area contributed by atoms with E-state index in [2.05, 4.69) is 0 Å². The second-order valence-corrected chi connectivity index (χ2v) is 2.13. The lowest BCUT2D eigenvalue weighted by Gasteiger charge is -2.09. The highest BCUT2D eigenvalue weighted by atomic mass is 16.3. The van der Waals surface area contributed by atoms with E-state index in [4.69, 9.17) is 5.11 Å². The Morgan fingerprint density at radius 1 is 1.33 bits per heavy atom. The van der Waals surface area contributed by atoms with Gasteiger partial charge in [-0.1, -0.05) is 0 Å². The summed E-state index contributed by atoms with van der Waals surface area (Å²) in [6.45, 7) is 1.19. The first-order valence-electron chi connectivity index (χ1n) is 2.54. The minimum absolute atomic E-state index is 0.535. The molecular weight excluding hydrogens is 120 g/mol. The van der Waals surface area contributed by atoms with Crippen molar-refractivity contribution in [3.05, 3.63) is 12.2 Å². The van der Waals surface area contributed by atoms with Crippen LogP contribution < -0.4 is 0 Å². The number of ketones is 2. The molecule has 0 amide bonds. The maximum Gasteiger partial charge on any atom is 0.195 e. The van der Waals surface area contributed by atoms with Crippen LogP contribution in [0.25, 0.3) is 0 Å². The third kappa shape index (κ3) is 0.695. The van der Waals surface area contributed by atoms with Crippen molar-refractivity contribution in [2.45, 2.75) is 12.5 Å². The van der Waals surface area contributed by atoms with Crippen LogP contribution in [0.2, 0.25) is 0 Å². The van der Waals surface area contributed by atoms with Gasteiger partial charge in [-0.15, -0.1) is 0 Å². The monoisotopic (exact) mass is 126 g/mol. The molecular formula is C6H6O3. The lowest BCUT2D eigenvalue weighted by Crippen LogP contribution is -2.37. The van der Waals surface area contributed by atoms with Gasteiger partial charge in [0.1, 0.15) is 0 Å². The van der Waals surface area contributed by atoms with Gasteiger partial charge in [-0.05, 0) is 19.1 Å². The van der Waals surface area contributed by atoms with Gasteiger partial charge in [-0.3, -0.25) is 9.59 Å². The van der Waals surface area contributed by atoms with Gasteiger partial charge in [0.05, 0.1) is 0 Å². The van der Waals surface area contributed by atoms with Gasteiger partial charge >= 0.3 is 0 Å². The zero-order valence-corrected chi connectivity index (χ0v) is 4.92. The molecule has 3 heteroatoms. The Hall–Kier alpha value is -0.960. The fourth-order valence-corrected chi connectivity index (χ4v) is 0.597. The Morgan fingerprint density at radius 3 is 1.78 bits per heavy atom. The molecule has 0 aromatic heterocycles. The van der Waals surface area contributed by atoms with Crippen molar-refractivity contribution in [1.29, 1.82) is 0 Å². The van der Waals surface area contributed by atoms with Gasteiger partial charge in [0.15, 0.2) is 17.2 Å². The largest absolute Gasteiger partial charge is 0.374 e. The standard InChI is InChI=1S/C6H6O3/c1-6(9)4(7)2-3-5(6)8/h2-3,9H,1H3. The Labute approximate surface area is 52.0 Å². The van der Waals surface area contributed by atoms with Crippen molar-refractivity contribution in [3.8, 4) is 0 Å². The Bertz CT molecular complexity index is 180. The second kappa shape index (κ2) is 1.51. The SMILES string of the molecule is CC1(O)C(=O)C=CC1=O. The van der Waals surface area contributed by atoms with Crippen LogP contribution in [-0.4, -0.2) is 22.3 Å². The average Bonchev–Trinajstić information content (AvgIpc) is 1.96. The predicted molar refractivity (Wildman–Crippen MR) is 29.8 cm³/mol. The number of carbonyl (C=O) groups is 2. The highest BCUT2D eigenvalue weighted by Crippen LogP contribution is 2.14. The van der Waals surface area contributed by atoms with Crippen molar-refractivity contribution in [3.63, 3.8) is 0 Å². The quantitative estimate of drug-likeness (QED) is 0.443. The molecule has 0 aliphatic heterocycles. The van der Waals surface area contributed by atoms with Crippen molar-refractivity contribution in [2.24, 2.45) is 0 Å². The average molecular weight is 126 g/mol. The molecule has 1 N–H and O–H groups in total. The van der Waals surface area contributed by atoms with Crippen molar-refractivity contribution in [2.75, 3.05) is 0 Å². The molecule has 0 saturated heterocycles. The first-order chi connectivity index (χ1) is 4.05. The zero-order chi connectivity index (χ0) is 7.07. The van der Waals surface area contributed by atoms with Gasteiger partial charge < -0.3 is 5.11 Å². The van der Waals surface area contributed by atoms with Crippen LogP contribution in [0.4, 0.5) is 0 Å². The molecule has 0 atom stereocenters. The summed E-state index contributed by atoms with van der Waals surface area (Å²) in [5.41, 5.74) is -1.78. The zero-order valence-electron chi connectivity index (χ0n) is 4.92. The Balaban J connectivity index is 3.02. The highest BCUT2D eigenvalue weighted by molar-refractivity contribution is 6.24. The maximum absolute atomic E-state index is 10.5. The number of carbonyl (C=O) groups excluding carboxylic acids is 2. The minimum Gasteiger partial charge on any atom is -0.374 e. The van der Waals surface area contributed by atoms with E-state index in [1.54, 1.807) is 0 Å². The number of aliphatic hydroxyl groups is 1. The first kappa shape index (κ1) is 6.16. The topological polar surface area (TPSA) is 54.4 Å². The van der Waals surface area contributed by atoms with E-state index < -0.39 is 17.2 Å². The van der Waals surface area contributed by atoms with Gasteiger partial charge in [-0.2, -0.15) is 0 Å². The van der Waals surface area contributed by atoms with Crippen LogP contribution in [-0.2, 0) is 9.59 Å². The molecule has 0 spiro atoms. The number of hydrogen-bond acceptors (Lipinski definition) is 3. The second-order valence-electron chi connectivity index (χ2n) is 2.13. The molecule has 9 heavy (non-hydrogen) atoms.